The predicted molar refractivity (Wildman–Crippen MR) is 242 cm³/mol. The highest BCUT2D eigenvalue weighted by atomic mass is 16.5. The van der Waals surface area contributed by atoms with Crippen molar-refractivity contribution in [3.05, 3.63) is 65.9 Å². The molecule has 63 heavy (non-hydrogen) atoms. The normalized spacial score (nSPS) is 20.3. The number of aromatic amines is 2. The average Bonchev–Trinajstić information content (AvgIpc) is 4.05. The molecule has 0 radical (unpaired) electrons. The fourth-order valence-corrected chi connectivity index (χ4v) is 9.14. The summed E-state index contributed by atoms with van der Waals surface area (Å²) in [6, 6.07) is 12.4. The number of carbonyl (C=O) groups is 4. The summed E-state index contributed by atoms with van der Waals surface area (Å²) in [7, 11) is 1.29. The number of hydrogen-bond acceptors (Lipinski definition) is 8. The fraction of sp³-hybridized carbons (Fsp3) is 0.500. The van der Waals surface area contributed by atoms with Gasteiger partial charge in [0, 0.05) is 23.5 Å². The molecule has 0 unspecified atom stereocenters. The van der Waals surface area contributed by atoms with Crippen molar-refractivity contribution in [2.24, 2.45) is 23.7 Å². The Kier molecular flexibility index (Phi) is 13.1. The van der Waals surface area contributed by atoms with Gasteiger partial charge in [0.1, 0.15) is 36.1 Å². The molecular formula is C48H62N8O7. The summed E-state index contributed by atoms with van der Waals surface area (Å²) in [5.41, 5.74) is 6.50. The van der Waals surface area contributed by atoms with Gasteiger partial charge in [-0.2, -0.15) is 0 Å². The number of likely N-dealkylation sites (tertiary alicyclic amines) is 2. The van der Waals surface area contributed by atoms with Crippen molar-refractivity contribution >= 4 is 45.8 Å². The number of carbonyl (C=O) groups excluding carboxylic acids is 3. The van der Waals surface area contributed by atoms with Gasteiger partial charge in [0.15, 0.2) is 0 Å². The molecule has 5 aromatic rings. The maximum absolute atomic E-state index is 13.9. The van der Waals surface area contributed by atoms with Crippen LogP contribution in [-0.4, -0.2) is 90.6 Å². The van der Waals surface area contributed by atoms with Crippen LogP contribution in [0, 0.1) is 23.7 Å². The Morgan fingerprint density at radius 2 is 1.57 bits per heavy atom. The first-order chi connectivity index (χ1) is 29.9. The second-order valence-corrected chi connectivity index (χ2v) is 18.8. The molecule has 2 fully saturated rings. The van der Waals surface area contributed by atoms with Crippen LogP contribution in [0.25, 0.3) is 44.2 Å². The van der Waals surface area contributed by atoms with Gasteiger partial charge >= 0.3 is 12.2 Å². The molecule has 3 aliphatic rings. The van der Waals surface area contributed by atoms with Crippen molar-refractivity contribution in [2.45, 2.75) is 118 Å². The summed E-state index contributed by atoms with van der Waals surface area (Å²) in [6.07, 6.45) is 2.19. The minimum Gasteiger partial charge on any atom is -0.488 e. The number of imidazole rings is 2. The molecule has 2 aromatic heterocycles. The molecule has 8 rings (SSSR count). The van der Waals surface area contributed by atoms with Crippen LogP contribution in [0.1, 0.15) is 111 Å². The maximum atomic E-state index is 13.9. The highest BCUT2D eigenvalue weighted by Crippen LogP contribution is 2.44. The molecule has 6 atom stereocenters. The molecule has 3 aliphatic heterocycles. The van der Waals surface area contributed by atoms with Crippen LogP contribution in [0.5, 0.6) is 5.75 Å². The van der Waals surface area contributed by atoms with Gasteiger partial charge in [0.25, 0.3) is 0 Å². The number of nitrogens with zero attached hydrogens (tertiary/aromatic N) is 4. The molecule has 15 heteroatoms. The number of amides is 4. The minimum absolute atomic E-state index is 0.0564. The number of fused-ring (bicyclic) bond motifs is 6. The number of alkyl carbamates (subject to hydrolysis) is 1. The van der Waals surface area contributed by atoms with Crippen LogP contribution in [0.15, 0.2) is 48.7 Å². The van der Waals surface area contributed by atoms with E-state index in [1.54, 1.807) is 11.1 Å². The monoisotopic (exact) mass is 862 g/mol. The zero-order valence-corrected chi connectivity index (χ0v) is 38.0. The summed E-state index contributed by atoms with van der Waals surface area (Å²) in [5, 5.41) is 16.5. The number of carboxylic acid groups (broad SMARTS) is 1. The lowest BCUT2D eigenvalue weighted by atomic mass is 9.92. The highest BCUT2D eigenvalue weighted by molar-refractivity contribution is 6.07. The smallest absolute Gasteiger partial charge is 0.407 e. The molecule has 5 N–H and O–H groups in total. The van der Waals surface area contributed by atoms with E-state index in [4.69, 9.17) is 19.4 Å². The summed E-state index contributed by atoms with van der Waals surface area (Å²) in [4.78, 5) is 71.6. The lowest BCUT2D eigenvalue weighted by molar-refractivity contribution is -0.137. The largest absolute Gasteiger partial charge is 0.488 e. The Morgan fingerprint density at radius 3 is 2.25 bits per heavy atom. The van der Waals surface area contributed by atoms with Gasteiger partial charge in [-0.25, -0.2) is 19.6 Å². The standard InChI is InChI=1S/C44H52N8O7.C4H10/c1-21(2)36(50-44(57)58-7)41(53)51-19-23(5)14-34(51)40-46-31-12-10-25-16-30-28-11-9-26(15-27(28)20-59-35(30)17-29(25)38(31)48-40)32-18-45-39(47-32)33-13-8-24(6)52(33)42(54)37(22(3)4)49-43(55)56;1-4(2)3/h9-12,15-18,21-24,33-34,36-37,49H,8,13-14,19-20H2,1-7H3,(H,45,47)(H,46,48)(H,50,57)(H,55,56);4H,1-3H3/t23-,24-,33-,34-,36-,37-;/m0./s1. The quantitative estimate of drug-likeness (QED) is 0.0961. The first kappa shape index (κ1) is 44.9. The van der Waals surface area contributed by atoms with Gasteiger partial charge in [-0.05, 0) is 96.2 Å². The maximum Gasteiger partial charge on any atom is 0.407 e. The first-order valence-corrected chi connectivity index (χ1v) is 22.2. The van der Waals surface area contributed by atoms with Crippen molar-refractivity contribution < 1.29 is 33.8 Å². The van der Waals surface area contributed by atoms with Crippen LogP contribution >= 0.6 is 0 Å². The van der Waals surface area contributed by atoms with E-state index in [1.807, 2.05) is 45.6 Å². The number of nitrogens with one attached hydrogen (secondary N) is 4. The molecule has 3 aromatic carbocycles. The molecule has 0 saturated carbocycles. The molecule has 0 aliphatic carbocycles. The van der Waals surface area contributed by atoms with E-state index in [1.165, 1.54) is 7.11 Å². The van der Waals surface area contributed by atoms with Gasteiger partial charge in [-0.15, -0.1) is 0 Å². The van der Waals surface area contributed by atoms with E-state index >= 15 is 0 Å². The van der Waals surface area contributed by atoms with Crippen molar-refractivity contribution in [3.63, 3.8) is 0 Å². The summed E-state index contributed by atoms with van der Waals surface area (Å²) >= 11 is 0. The molecule has 4 amide bonds. The second-order valence-electron chi connectivity index (χ2n) is 18.8. The molecule has 5 heterocycles. The number of aromatic nitrogens is 4. The topological polar surface area (TPSA) is 195 Å². The summed E-state index contributed by atoms with van der Waals surface area (Å²) in [6.45, 7) is 19.0. The van der Waals surface area contributed by atoms with Crippen molar-refractivity contribution in [1.29, 1.82) is 0 Å². The number of H-pyrrole nitrogens is 2. The van der Waals surface area contributed by atoms with Gasteiger partial charge in [-0.1, -0.05) is 73.6 Å². The third-order valence-corrected chi connectivity index (χ3v) is 12.2. The zero-order valence-electron chi connectivity index (χ0n) is 38.0. The SMILES string of the molecule is CC(C)C.COC(=O)N[C@H](C(=O)N1C[C@@H](C)C[C@H]1c1nc2c(ccc3cc4c(cc32)OCc2cc(-c3cnc([C@@H]5CC[C@H](C)N5C(=O)[C@@H](NC(=O)O)C(C)C)[nH]3)ccc2-4)[nH]1)C(C)C. The Bertz CT molecular complexity index is 2510. The van der Waals surface area contributed by atoms with E-state index in [0.29, 0.717) is 24.8 Å². The molecule has 2 saturated heterocycles. The second kappa shape index (κ2) is 18.3. The highest BCUT2D eigenvalue weighted by Gasteiger charge is 2.42. The van der Waals surface area contributed by atoms with E-state index in [2.05, 4.69) is 84.7 Å². The molecule has 15 nitrogen and oxygen atoms in total. The van der Waals surface area contributed by atoms with E-state index < -0.39 is 24.3 Å². The number of hydrogen-bond donors (Lipinski definition) is 5. The van der Waals surface area contributed by atoms with Gasteiger partial charge < -0.3 is 45.0 Å². The molecular weight excluding hydrogens is 801 g/mol. The molecule has 336 valence electrons. The third-order valence-electron chi connectivity index (χ3n) is 12.2. The lowest BCUT2D eigenvalue weighted by Gasteiger charge is -2.32. The summed E-state index contributed by atoms with van der Waals surface area (Å²) < 4.78 is 11.2. The van der Waals surface area contributed by atoms with Crippen molar-refractivity contribution in [2.75, 3.05) is 13.7 Å². The Balaban J connectivity index is 0.00000143. The number of rotatable bonds is 9. The van der Waals surface area contributed by atoms with E-state index in [0.717, 1.165) is 80.7 Å². The number of ether oxygens (including phenoxy) is 2. The Morgan fingerprint density at radius 1 is 0.857 bits per heavy atom. The number of benzene rings is 3. The predicted octanol–water partition coefficient (Wildman–Crippen LogP) is 8.96. The summed E-state index contributed by atoms with van der Waals surface area (Å²) in [5.74, 6) is 2.48. The van der Waals surface area contributed by atoms with Crippen molar-refractivity contribution in [1.82, 2.24) is 40.4 Å². The van der Waals surface area contributed by atoms with Gasteiger partial charge in [-0.3, -0.25) is 9.59 Å². The van der Waals surface area contributed by atoms with Gasteiger partial charge in [0.2, 0.25) is 11.8 Å². The Labute approximate surface area is 368 Å². The van der Waals surface area contributed by atoms with Crippen LogP contribution < -0.4 is 15.4 Å². The van der Waals surface area contributed by atoms with Crippen LogP contribution in [0.3, 0.4) is 0 Å². The third kappa shape index (κ3) is 9.19. The fourth-order valence-electron chi connectivity index (χ4n) is 9.14. The van der Waals surface area contributed by atoms with Crippen molar-refractivity contribution in [3.8, 4) is 28.1 Å². The van der Waals surface area contributed by atoms with Crippen LogP contribution in [0.2, 0.25) is 0 Å². The first-order valence-electron chi connectivity index (χ1n) is 22.2. The molecule has 0 bridgehead atoms. The van der Waals surface area contributed by atoms with E-state index in [9.17, 15) is 24.3 Å². The van der Waals surface area contributed by atoms with Crippen LogP contribution in [-0.2, 0) is 20.9 Å². The van der Waals surface area contributed by atoms with Gasteiger partial charge in [0.05, 0.1) is 42.1 Å². The number of methoxy groups -OCH3 is 1. The average molecular weight is 863 g/mol. The van der Waals surface area contributed by atoms with Crippen LogP contribution in [0.4, 0.5) is 9.59 Å². The lowest BCUT2D eigenvalue weighted by Crippen LogP contribution is -2.52. The zero-order chi connectivity index (χ0) is 45.4. The Hall–Kier alpha value is -6.12. The molecule has 0 spiro atoms. The van der Waals surface area contributed by atoms with E-state index in [-0.39, 0.29) is 47.7 Å². The minimum atomic E-state index is -1.22.